The maximum Gasteiger partial charge on any atom is 0.305 e. The van der Waals surface area contributed by atoms with Gasteiger partial charge in [0.1, 0.15) is 15.9 Å². The summed E-state index contributed by atoms with van der Waals surface area (Å²) in [5, 5.41) is 2.46. The first-order valence-electron chi connectivity index (χ1n) is 18.2. The fourth-order valence-corrected chi connectivity index (χ4v) is 11.0. The standard InChI is InChI=1S/C41H46N3O3S3/c1-4-42-32-14-9-11-16-34(32)48-36(42)25-28-19-20-29-21-22-30(26-31(29)24-28)40-41(46)44(23-13-7-8-18-39(45)47-6-3)38(50-40)27-37-43(5-2)33-15-10-12-17-35(33)49-37/h9-12,14-17,24-27,29H,4-8,13,18-23H2,1-3H3/q+1/b36-25-,40-30+. The number of unbranched alkanes of at least 4 members (excludes halogenated alkanes) is 2. The van der Waals surface area contributed by atoms with Crippen LogP contribution in [0.4, 0.5) is 5.69 Å². The fraction of sp³-hybridized carbons (Fsp3) is 0.390. The Morgan fingerprint density at radius 1 is 0.960 bits per heavy atom. The van der Waals surface area contributed by atoms with Crippen molar-refractivity contribution in [2.75, 3.05) is 18.1 Å². The molecule has 2 aliphatic carbocycles. The molecule has 1 aliphatic heterocycles. The monoisotopic (exact) mass is 724 g/mol. The van der Waals surface area contributed by atoms with E-state index in [2.05, 4.69) is 96.1 Å². The molecule has 0 radical (unpaired) electrons. The number of aryl methyl sites for hydroxylation is 1. The van der Waals surface area contributed by atoms with Crippen LogP contribution in [0, 0.1) is 5.92 Å². The van der Waals surface area contributed by atoms with Crippen LogP contribution in [0.3, 0.4) is 0 Å². The number of fused-ring (bicyclic) bond motifs is 3. The van der Waals surface area contributed by atoms with E-state index < -0.39 is 0 Å². The van der Waals surface area contributed by atoms with Crippen molar-refractivity contribution < 1.29 is 14.1 Å². The second kappa shape index (κ2) is 15.7. The highest BCUT2D eigenvalue weighted by atomic mass is 32.2. The van der Waals surface area contributed by atoms with Crippen molar-refractivity contribution in [3.63, 3.8) is 0 Å². The van der Waals surface area contributed by atoms with Gasteiger partial charge in [0.25, 0.3) is 10.6 Å². The number of nitrogens with zero attached hydrogens (tertiary/aromatic N) is 3. The summed E-state index contributed by atoms with van der Waals surface area (Å²) < 4.78 is 12.6. The maximum atomic E-state index is 14.3. The van der Waals surface area contributed by atoms with Gasteiger partial charge in [0.2, 0.25) is 5.52 Å². The van der Waals surface area contributed by atoms with Gasteiger partial charge in [-0.1, -0.05) is 65.9 Å². The number of hydrogen-bond donors (Lipinski definition) is 0. The Labute approximate surface area is 306 Å². The highest BCUT2D eigenvalue weighted by Gasteiger charge is 2.27. The third kappa shape index (κ3) is 7.23. The van der Waals surface area contributed by atoms with E-state index in [1.54, 1.807) is 22.7 Å². The van der Waals surface area contributed by atoms with E-state index in [0.29, 0.717) is 25.5 Å². The van der Waals surface area contributed by atoms with E-state index in [1.807, 2.05) is 23.3 Å². The SMILES string of the molecule is CCOC(=O)CCCCCn1c(=O)/c(=C2\C=C3C=C(/C=C4\Sc5ccccc5N4CC)CCC3CC2)s/c1=C\c1sc2ccccc2[n+]1CC. The van der Waals surface area contributed by atoms with Gasteiger partial charge in [-0.3, -0.25) is 14.2 Å². The Balaban J connectivity index is 1.24. The summed E-state index contributed by atoms with van der Waals surface area (Å²) in [6, 6.07) is 17.2. The van der Waals surface area contributed by atoms with Crippen LogP contribution in [0.1, 0.15) is 77.1 Å². The van der Waals surface area contributed by atoms with Gasteiger partial charge in [0.05, 0.1) is 27.9 Å². The minimum atomic E-state index is -0.142. The van der Waals surface area contributed by atoms with Crippen LogP contribution in [-0.2, 0) is 22.6 Å². The van der Waals surface area contributed by atoms with Crippen molar-refractivity contribution in [1.82, 2.24) is 4.57 Å². The number of rotatable bonds is 11. The minimum Gasteiger partial charge on any atom is -0.466 e. The van der Waals surface area contributed by atoms with Crippen molar-refractivity contribution in [3.8, 4) is 0 Å². The van der Waals surface area contributed by atoms with E-state index in [1.165, 1.54) is 42.5 Å². The molecule has 0 amide bonds. The zero-order chi connectivity index (χ0) is 34.6. The molecule has 0 saturated carbocycles. The molecule has 0 fully saturated rings. The lowest BCUT2D eigenvalue weighted by Crippen LogP contribution is -2.35. The molecule has 1 atom stereocenters. The zero-order valence-corrected chi connectivity index (χ0v) is 31.7. The van der Waals surface area contributed by atoms with E-state index in [-0.39, 0.29) is 11.5 Å². The van der Waals surface area contributed by atoms with Crippen LogP contribution in [0.15, 0.2) is 92.6 Å². The molecule has 6 nitrogen and oxygen atoms in total. The molecular weight excluding hydrogens is 679 g/mol. The first kappa shape index (κ1) is 34.8. The minimum absolute atomic E-state index is 0.113. The van der Waals surface area contributed by atoms with Gasteiger partial charge in [0.15, 0.2) is 0 Å². The molecule has 7 rings (SSSR count). The molecule has 2 aromatic carbocycles. The van der Waals surface area contributed by atoms with Crippen LogP contribution < -0.4 is 24.2 Å². The number of anilines is 1. The number of thioether (sulfide) groups is 1. The molecule has 260 valence electrons. The van der Waals surface area contributed by atoms with Gasteiger partial charge < -0.3 is 9.64 Å². The number of carbonyl (C=O) groups is 1. The Bertz CT molecular complexity index is 2180. The third-order valence-electron chi connectivity index (χ3n) is 9.94. The van der Waals surface area contributed by atoms with Gasteiger partial charge in [-0.25, -0.2) is 0 Å². The molecule has 0 bridgehead atoms. The summed E-state index contributed by atoms with van der Waals surface area (Å²) in [5.74, 6) is 0.405. The number of benzene rings is 2. The summed E-state index contributed by atoms with van der Waals surface area (Å²) in [7, 11) is 0. The number of hydrogen-bond acceptors (Lipinski definition) is 7. The summed E-state index contributed by atoms with van der Waals surface area (Å²) in [5.41, 5.74) is 6.55. The smallest absolute Gasteiger partial charge is 0.305 e. The number of aromatic nitrogens is 2. The molecule has 0 spiro atoms. The summed E-state index contributed by atoms with van der Waals surface area (Å²) in [6.07, 6.45) is 16.5. The van der Waals surface area contributed by atoms with E-state index in [9.17, 15) is 9.59 Å². The highest BCUT2D eigenvalue weighted by Crippen LogP contribution is 2.47. The topological polar surface area (TPSA) is 55.4 Å². The Morgan fingerprint density at radius 2 is 1.78 bits per heavy atom. The van der Waals surface area contributed by atoms with Crippen molar-refractivity contribution in [2.24, 2.45) is 5.92 Å². The molecular formula is C41H46N3O3S3+. The molecule has 3 heterocycles. The zero-order valence-electron chi connectivity index (χ0n) is 29.3. The molecule has 0 N–H and O–H groups in total. The number of ether oxygens (including phenoxy) is 1. The number of esters is 1. The van der Waals surface area contributed by atoms with Crippen LogP contribution in [0.25, 0.3) is 21.9 Å². The second-order valence-corrected chi connectivity index (χ2v) is 16.3. The molecule has 3 aliphatic rings. The lowest BCUT2D eigenvalue weighted by molar-refractivity contribution is -0.665. The first-order chi connectivity index (χ1) is 24.5. The molecule has 4 aromatic rings. The van der Waals surface area contributed by atoms with E-state index in [4.69, 9.17) is 4.74 Å². The second-order valence-electron chi connectivity index (χ2n) is 13.1. The number of thiazole rings is 2. The quantitative estimate of drug-likeness (QED) is 0.0891. The summed E-state index contributed by atoms with van der Waals surface area (Å²) >= 11 is 5.29. The predicted octanol–water partition coefficient (Wildman–Crippen LogP) is 8.07. The maximum absolute atomic E-state index is 14.3. The van der Waals surface area contributed by atoms with Gasteiger partial charge >= 0.3 is 5.97 Å². The van der Waals surface area contributed by atoms with Gasteiger partial charge in [-0.15, -0.1) is 11.3 Å². The molecule has 9 heteroatoms. The van der Waals surface area contributed by atoms with E-state index in [0.717, 1.165) is 72.2 Å². The van der Waals surface area contributed by atoms with Gasteiger partial charge in [-0.2, -0.15) is 4.57 Å². The number of carbonyl (C=O) groups excluding carboxylic acids is 1. The van der Waals surface area contributed by atoms with Gasteiger partial charge in [-0.05, 0) is 106 Å². The predicted molar refractivity (Wildman–Crippen MR) is 209 cm³/mol. The molecule has 50 heavy (non-hydrogen) atoms. The van der Waals surface area contributed by atoms with Crippen LogP contribution in [0.2, 0.25) is 0 Å². The summed E-state index contributed by atoms with van der Waals surface area (Å²) in [6.45, 7) is 9.10. The average molecular weight is 725 g/mol. The average Bonchev–Trinajstić information content (AvgIpc) is 3.77. The fourth-order valence-electron chi connectivity index (χ4n) is 7.41. The summed E-state index contributed by atoms with van der Waals surface area (Å²) in [4.78, 5) is 29.9. The van der Waals surface area contributed by atoms with Crippen LogP contribution >= 0.6 is 34.4 Å². The lowest BCUT2D eigenvalue weighted by Gasteiger charge is -2.28. The van der Waals surface area contributed by atoms with E-state index >= 15 is 0 Å². The number of para-hydroxylation sites is 2. The van der Waals surface area contributed by atoms with Gasteiger partial charge in [0, 0.05) is 30.5 Å². The van der Waals surface area contributed by atoms with Crippen molar-refractivity contribution in [3.05, 3.63) is 107 Å². The largest absolute Gasteiger partial charge is 0.466 e. The highest BCUT2D eigenvalue weighted by molar-refractivity contribution is 8.03. The Hall–Kier alpha value is -3.66. The number of allylic oxidation sites excluding steroid dienone is 5. The molecule has 0 saturated heterocycles. The lowest BCUT2D eigenvalue weighted by atomic mass is 9.77. The van der Waals surface area contributed by atoms with Crippen molar-refractivity contribution >= 4 is 68.0 Å². The van der Waals surface area contributed by atoms with Crippen LogP contribution in [-0.4, -0.2) is 23.7 Å². The normalized spacial score (nSPS) is 19.5. The van der Waals surface area contributed by atoms with Crippen LogP contribution in [0.5, 0.6) is 0 Å². The molecule has 2 aromatic heterocycles. The Kier molecular flexibility index (Phi) is 10.9. The first-order valence-corrected chi connectivity index (χ1v) is 20.6. The third-order valence-corrected chi connectivity index (χ3v) is 13.4. The van der Waals surface area contributed by atoms with Crippen molar-refractivity contribution in [2.45, 2.75) is 90.1 Å². The Morgan fingerprint density at radius 3 is 2.62 bits per heavy atom. The van der Waals surface area contributed by atoms with Crippen molar-refractivity contribution in [1.29, 1.82) is 0 Å². The molecule has 1 unspecified atom stereocenters.